The number of hydrogen-bond acceptors (Lipinski definition) is 3. The molecular formula is C9H10N4. The predicted molar refractivity (Wildman–Crippen MR) is 52.9 cm³/mol. The first-order valence-corrected chi connectivity index (χ1v) is 3.83. The molecule has 0 fully saturated rings. The van der Waals surface area contributed by atoms with Crippen LogP contribution in [0.15, 0.2) is 41.2 Å². The Morgan fingerprint density at radius 3 is 2.69 bits per heavy atom. The Kier molecular flexibility index (Phi) is 3.50. The molecule has 0 spiro atoms. The van der Waals surface area contributed by atoms with Gasteiger partial charge in [0.15, 0.2) is 11.7 Å². The van der Waals surface area contributed by atoms with Crippen LogP contribution in [0.2, 0.25) is 0 Å². The molecule has 0 N–H and O–H groups in total. The largest absolute Gasteiger partial charge is 0.239 e. The predicted octanol–water partition coefficient (Wildman–Crippen LogP) is 1.46. The first kappa shape index (κ1) is 9.25. The molecule has 1 aromatic heterocycles. The highest BCUT2D eigenvalue weighted by Gasteiger charge is 2.00. The summed E-state index contributed by atoms with van der Waals surface area (Å²) in [5, 5.41) is 0. The van der Waals surface area contributed by atoms with Crippen LogP contribution in [0.25, 0.3) is 0 Å². The van der Waals surface area contributed by atoms with Gasteiger partial charge in [-0.3, -0.25) is 0 Å². The van der Waals surface area contributed by atoms with Gasteiger partial charge in [0.25, 0.3) is 0 Å². The van der Waals surface area contributed by atoms with E-state index in [-0.39, 0.29) is 0 Å². The Balaban J connectivity index is 3.03. The minimum atomic E-state index is 0.470. The van der Waals surface area contributed by atoms with Gasteiger partial charge < -0.3 is 0 Å². The van der Waals surface area contributed by atoms with Gasteiger partial charge in [0.05, 0.1) is 0 Å². The molecule has 0 aliphatic heterocycles. The molecule has 0 saturated heterocycles. The van der Waals surface area contributed by atoms with Crippen molar-refractivity contribution in [2.45, 2.75) is 6.92 Å². The zero-order valence-corrected chi connectivity index (χ0v) is 7.38. The van der Waals surface area contributed by atoms with Crippen LogP contribution in [0.3, 0.4) is 0 Å². The Hall–Kier alpha value is -1.84. The number of aromatic nitrogens is 2. The van der Waals surface area contributed by atoms with Gasteiger partial charge in [-0.1, -0.05) is 6.58 Å². The van der Waals surface area contributed by atoms with Crippen molar-refractivity contribution < 1.29 is 0 Å². The molecule has 1 rings (SSSR count). The fourth-order valence-electron chi connectivity index (χ4n) is 0.772. The van der Waals surface area contributed by atoms with Crippen molar-refractivity contribution in [1.82, 2.24) is 9.97 Å². The maximum absolute atomic E-state index is 4.01. The monoisotopic (exact) mass is 174 g/mol. The van der Waals surface area contributed by atoms with Gasteiger partial charge in [-0.25, -0.2) is 20.0 Å². The van der Waals surface area contributed by atoms with Gasteiger partial charge in [0.1, 0.15) is 0 Å². The van der Waals surface area contributed by atoms with Gasteiger partial charge in [0.2, 0.25) is 0 Å². The van der Waals surface area contributed by atoms with E-state index in [0.29, 0.717) is 11.7 Å². The molecule has 0 bridgehead atoms. The van der Waals surface area contributed by atoms with Crippen LogP contribution >= 0.6 is 0 Å². The molecule has 0 aliphatic carbocycles. The Labute approximate surface area is 76.8 Å². The molecule has 0 aliphatic rings. The van der Waals surface area contributed by atoms with E-state index in [2.05, 4.69) is 26.5 Å². The summed E-state index contributed by atoms with van der Waals surface area (Å²) in [6.45, 7) is 5.30. The third kappa shape index (κ3) is 2.59. The van der Waals surface area contributed by atoms with Gasteiger partial charge in [-0.15, -0.1) is 0 Å². The van der Waals surface area contributed by atoms with Crippen molar-refractivity contribution >= 4 is 12.1 Å². The third-order valence-electron chi connectivity index (χ3n) is 1.23. The highest BCUT2D eigenvalue weighted by molar-refractivity contribution is 6.00. The van der Waals surface area contributed by atoms with E-state index in [1.54, 1.807) is 24.7 Å². The second kappa shape index (κ2) is 4.92. The molecule has 0 saturated carbocycles. The SMILES string of the molecule is C=CN=C(N=CC)c1ncccn1. The zero-order chi connectivity index (χ0) is 9.52. The summed E-state index contributed by atoms with van der Waals surface area (Å²) in [5.74, 6) is 0.971. The van der Waals surface area contributed by atoms with Crippen molar-refractivity contribution in [3.63, 3.8) is 0 Å². The Morgan fingerprint density at radius 1 is 1.46 bits per heavy atom. The van der Waals surface area contributed by atoms with Crippen molar-refractivity contribution in [1.29, 1.82) is 0 Å². The highest BCUT2D eigenvalue weighted by Crippen LogP contribution is 1.93. The molecule has 66 valence electrons. The summed E-state index contributed by atoms with van der Waals surface area (Å²) in [5.41, 5.74) is 0. The van der Waals surface area contributed by atoms with Crippen molar-refractivity contribution in [2.75, 3.05) is 0 Å². The lowest BCUT2D eigenvalue weighted by Gasteiger charge is -1.95. The molecule has 1 heterocycles. The van der Waals surface area contributed by atoms with Crippen molar-refractivity contribution in [3.05, 3.63) is 37.1 Å². The number of rotatable bonds is 2. The van der Waals surface area contributed by atoms with Crippen molar-refractivity contribution in [3.8, 4) is 0 Å². The minimum absolute atomic E-state index is 0.470. The molecule has 1 aromatic rings. The topological polar surface area (TPSA) is 50.5 Å². The summed E-state index contributed by atoms with van der Waals surface area (Å²) in [6.07, 6.45) is 6.34. The summed E-state index contributed by atoms with van der Waals surface area (Å²) in [6, 6.07) is 1.74. The first-order valence-electron chi connectivity index (χ1n) is 3.83. The van der Waals surface area contributed by atoms with Crippen LogP contribution in [0.4, 0.5) is 0 Å². The Bertz CT molecular complexity index is 327. The molecule has 13 heavy (non-hydrogen) atoms. The van der Waals surface area contributed by atoms with Gasteiger partial charge in [-0.2, -0.15) is 0 Å². The molecular weight excluding hydrogens is 164 g/mol. The number of hydrogen-bond donors (Lipinski definition) is 0. The van der Waals surface area contributed by atoms with E-state index in [0.717, 1.165) is 0 Å². The standard InChI is InChI=1S/C9H10N4/c1-3-10-8(11-4-2)9-12-6-5-7-13-9/h3-7H,1H2,2H3. The third-order valence-corrected chi connectivity index (χ3v) is 1.23. The summed E-state index contributed by atoms with van der Waals surface area (Å²) in [7, 11) is 0. The molecule has 0 atom stereocenters. The fraction of sp³-hybridized carbons (Fsp3) is 0.111. The Morgan fingerprint density at radius 2 is 2.15 bits per heavy atom. The second-order valence-electron chi connectivity index (χ2n) is 2.09. The van der Waals surface area contributed by atoms with Gasteiger partial charge in [-0.05, 0) is 13.0 Å². The molecule has 4 heteroatoms. The molecule has 0 unspecified atom stereocenters. The van der Waals surface area contributed by atoms with Gasteiger partial charge in [0, 0.05) is 24.8 Å². The van der Waals surface area contributed by atoms with E-state index < -0.39 is 0 Å². The van der Waals surface area contributed by atoms with Crippen LogP contribution in [0, 0.1) is 0 Å². The van der Waals surface area contributed by atoms with E-state index in [4.69, 9.17) is 0 Å². The van der Waals surface area contributed by atoms with Crippen molar-refractivity contribution in [2.24, 2.45) is 9.98 Å². The molecule has 4 nitrogen and oxygen atoms in total. The lowest BCUT2D eigenvalue weighted by molar-refractivity contribution is 1.12. The summed E-state index contributed by atoms with van der Waals surface area (Å²) >= 11 is 0. The van der Waals surface area contributed by atoms with Crippen LogP contribution in [0.1, 0.15) is 12.7 Å². The lowest BCUT2D eigenvalue weighted by Crippen LogP contribution is -2.02. The molecule has 0 radical (unpaired) electrons. The maximum Gasteiger partial charge on any atom is 0.197 e. The molecule has 0 aromatic carbocycles. The number of amidine groups is 1. The number of nitrogens with zero attached hydrogens (tertiary/aromatic N) is 4. The molecule has 0 amide bonds. The van der Waals surface area contributed by atoms with E-state index >= 15 is 0 Å². The summed E-state index contributed by atoms with van der Waals surface area (Å²) < 4.78 is 0. The van der Waals surface area contributed by atoms with Crippen LogP contribution < -0.4 is 0 Å². The van der Waals surface area contributed by atoms with Crippen LogP contribution in [0.5, 0.6) is 0 Å². The lowest BCUT2D eigenvalue weighted by atomic mass is 10.5. The maximum atomic E-state index is 4.01. The van der Waals surface area contributed by atoms with E-state index in [1.807, 2.05) is 6.92 Å². The average Bonchev–Trinajstić information content (AvgIpc) is 2.19. The minimum Gasteiger partial charge on any atom is -0.239 e. The zero-order valence-electron chi connectivity index (χ0n) is 7.38. The quantitative estimate of drug-likeness (QED) is 0.503. The van der Waals surface area contributed by atoms with E-state index in [1.165, 1.54) is 6.20 Å². The fourth-order valence-corrected chi connectivity index (χ4v) is 0.772. The highest BCUT2D eigenvalue weighted by atomic mass is 15.0. The first-order chi connectivity index (χ1) is 6.38. The van der Waals surface area contributed by atoms with Crippen LogP contribution in [-0.4, -0.2) is 22.0 Å². The normalized spacial score (nSPS) is 11.9. The second-order valence-corrected chi connectivity index (χ2v) is 2.09. The number of aliphatic imine (C=N–C) groups is 2. The van der Waals surface area contributed by atoms with Crippen LogP contribution in [-0.2, 0) is 0 Å². The van der Waals surface area contributed by atoms with E-state index in [9.17, 15) is 0 Å². The van der Waals surface area contributed by atoms with Gasteiger partial charge >= 0.3 is 0 Å². The smallest absolute Gasteiger partial charge is 0.197 e. The summed E-state index contributed by atoms with van der Waals surface area (Å²) in [4.78, 5) is 16.0. The average molecular weight is 174 g/mol.